The molecule has 0 atom stereocenters. The van der Waals surface area contributed by atoms with Gasteiger partial charge in [-0.2, -0.15) is 0 Å². The number of phenolic OH excluding ortho intramolecular Hbond substituents is 1. The van der Waals surface area contributed by atoms with E-state index >= 15 is 0 Å². The normalized spacial score (nSPS) is 15.3. The van der Waals surface area contributed by atoms with Gasteiger partial charge in [0.05, 0.1) is 12.2 Å². The lowest BCUT2D eigenvalue weighted by Gasteiger charge is -2.36. The van der Waals surface area contributed by atoms with E-state index in [-0.39, 0.29) is 5.91 Å². The number of amides is 1. The first-order chi connectivity index (χ1) is 11.6. The van der Waals surface area contributed by atoms with Crippen LogP contribution in [0, 0.1) is 0 Å². The van der Waals surface area contributed by atoms with Crippen LogP contribution in [0.4, 0.5) is 11.4 Å². The molecule has 0 bridgehead atoms. The molecule has 5 heteroatoms. The van der Waals surface area contributed by atoms with Gasteiger partial charge >= 0.3 is 0 Å². The summed E-state index contributed by atoms with van der Waals surface area (Å²) in [6.45, 7) is 3.64. The summed E-state index contributed by atoms with van der Waals surface area (Å²) >= 11 is 0. The van der Waals surface area contributed by atoms with Crippen molar-refractivity contribution in [2.24, 2.45) is 0 Å². The number of phenols is 1. The second-order valence-corrected chi connectivity index (χ2v) is 6.04. The number of anilines is 2. The number of benzene rings is 2. The monoisotopic (exact) mass is 325 g/mol. The van der Waals surface area contributed by atoms with Crippen molar-refractivity contribution in [2.75, 3.05) is 49.6 Å². The third kappa shape index (κ3) is 3.68. The Morgan fingerprint density at radius 2 is 1.62 bits per heavy atom. The Hall–Kier alpha value is -2.53. The number of aromatic hydroxyl groups is 1. The van der Waals surface area contributed by atoms with Gasteiger partial charge in [0.25, 0.3) is 0 Å². The molecule has 3 rings (SSSR count). The fourth-order valence-electron chi connectivity index (χ4n) is 2.97. The number of nitrogens with zero attached hydrogens (tertiary/aromatic N) is 3. The van der Waals surface area contributed by atoms with Crippen molar-refractivity contribution in [1.82, 2.24) is 4.90 Å². The Labute approximate surface area is 142 Å². The van der Waals surface area contributed by atoms with Crippen LogP contribution in [0.1, 0.15) is 0 Å². The van der Waals surface area contributed by atoms with Crippen molar-refractivity contribution in [3.05, 3.63) is 54.6 Å². The Kier molecular flexibility index (Phi) is 5.01. The average Bonchev–Trinajstić information content (AvgIpc) is 2.63. The topological polar surface area (TPSA) is 47.0 Å². The van der Waals surface area contributed by atoms with Gasteiger partial charge < -0.3 is 14.9 Å². The molecule has 0 aromatic heterocycles. The minimum Gasteiger partial charge on any atom is -0.506 e. The lowest BCUT2D eigenvalue weighted by atomic mass is 10.2. The lowest BCUT2D eigenvalue weighted by molar-refractivity contribution is -0.119. The molecule has 1 N–H and O–H groups in total. The van der Waals surface area contributed by atoms with Crippen LogP contribution in [0.25, 0.3) is 0 Å². The van der Waals surface area contributed by atoms with Gasteiger partial charge in [-0.25, -0.2) is 0 Å². The van der Waals surface area contributed by atoms with E-state index in [0.717, 1.165) is 37.6 Å². The molecule has 126 valence electrons. The van der Waals surface area contributed by atoms with Gasteiger partial charge in [-0.05, 0) is 24.3 Å². The number of carbonyl (C=O) groups is 1. The van der Waals surface area contributed by atoms with E-state index < -0.39 is 0 Å². The predicted octanol–water partition coefficient (Wildman–Crippen LogP) is 2.18. The van der Waals surface area contributed by atoms with E-state index in [0.29, 0.717) is 12.3 Å². The summed E-state index contributed by atoms with van der Waals surface area (Å²) in [5, 5.41) is 9.96. The van der Waals surface area contributed by atoms with Crippen molar-refractivity contribution in [2.45, 2.75) is 0 Å². The highest BCUT2D eigenvalue weighted by molar-refractivity contribution is 5.94. The number of likely N-dealkylation sites (N-methyl/N-ethyl adjacent to an activating group) is 1. The standard InChI is InChI=1S/C19H23N3O2/c1-20(16-7-3-2-4-8-16)19(24)15-21-11-13-22(14-12-21)17-9-5-6-10-18(17)23/h2-10,23H,11-15H2,1H3. The van der Waals surface area contributed by atoms with Crippen LogP contribution < -0.4 is 9.80 Å². The maximum absolute atomic E-state index is 12.4. The Morgan fingerprint density at radius 3 is 2.29 bits per heavy atom. The van der Waals surface area contributed by atoms with Gasteiger partial charge in [0.2, 0.25) is 5.91 Å². The Bertz CT molecular complexity index is 682. The minimum absolute atomic E-state index is 0.0946. The molecule has 2 aromatic carbocycles. The number of piperazine rings is 1. The van der Waals surface area contributed by atoms with Gasteiger partial charge in [-0.15, -0.1) is 0 Å². The predicted molar refractivity (Wildman–Crippen MR) is 96.6 cm³/mol. The highest BCUT2D eigenvalue weighted by atomic mass is 16.3. The number of rotatable bonds is 4. The van der Waals surface area contributed by atoms with Crippen LogP contribution in [-0.2, 0) is 4.79 Å². The molecule has 0 saturated carbocycles. The molecule has 1 amide bonds. The summed E-state index contributed by atoms with van der Waals surface area (Å²) in [6.07, 6.45) is 0. The summed E-state index contributed by atoms with van der Waals surface area (Å²) in [5.74, 6) is 0.406. The zero-order chi connectivity index (χ0) is 16.9. The third-order valence-electron chi connectivity index (χ3n) is 4.47. The minimum atomic E-state index is 0.0946. The smallest absolute Gasteiger partial charge is 0.240 e. The van der Waals surface area contributed by atoms with Crippen molar-refractivity contribution < 1.29 is 9.90 Å². The van der Waals surface area contributed by atoms with Gasteiger partial charge in [0.1, 0.15) is 5.75 Å². The first kappa shape index (κ1) is 16.3. The van der Waals surface area contributed by atoms with Crippen LogP contribution in [0.2, 0.25) is 0 Å². The zero-order valence-corrected chi connectivity index (χ0v) is 13.9. The van der Waals surface area contributed by atoms with Crippen LogP contribution in [0.15, 0.2) is 54.6 Å². The molecule has 0 spiro atoms. The average molecular weight is 325 g/mol. The van der Waals surface area contributed by atoms with Crippen molar-refractivity contribution in [3.63, 3.8) is 0 Å². The fraction of sp³-hybridized carbons (Fsp3) is 0.316. The molecule has 5 nitrogen and oxygen atoms in total. The van der Waals surface area contributed by atoms with E-state index in [1.54, 1.807) is 11.0 Å². The maximum Gasteiger partial charge on any atom is 0.240 e. The molecule has 1 aliphatic heterocycles. The summed E-state index contributed by atoms with van der Waals surface area (Å²) < 4.78 is 0. The van der Waals surface area contributed by atoms with E-state index in [1.807, 2.05) is 55.6 Å². The van der Waals surface area contributed by atoms with Crippen LogP contribution in [0.3, 0.4) is 0 Å². The Morgan fingerprint density at radius 1 is 1.00 bits per heavy atom. The number of carbonyl (C=O) groups excluding carboxylic acids is 1. The van der Waals surface area contributed by atoms with E-state index in [9.17, 15) is 9.90 Å². The summed E-state index contributed by atoms with van der Waals surface area (Å²) in [5.41, 5.74) is 1.78. The maximum atomic E-state index is 12.4. The zero-order valence-electron chi connectivity index (χ0n) is 13.9. The van der Waals surface area contributed by atoms with E-state index in [1.165, 1.54) is 0 Å². The lowest BCUT2D eigenvalue weighted by Crippen LogP contribution is -2.49. The van der Waals surface area contributed by atoms with Gasteiger partial charge in [0.15, 0.2) is 0 Å². The van der Waals surface area contributed by atoms with Crippen molar-refractivity contribution in [1.29, 1.82) is 0 Å². The fourth-order valence-corrected chi connectivity index (χ4v) is 2.97. The molecule has 1 saturated heterocycles. The number of para-hydroxylation sites is 3. The summed E-state index contributed by atoms with van der Waals surface area (Å²) in [7, 11) is 1.82. The molecule has 0 aliphatic carbocycles. The molecule has 1 heterocycles. The van der Waals surface area contributed by atoms with Gasteiger partial charge in [-0.1, -0.05) is 30.3 Å². The van der Waals surface area contributed by atoms with Gasteiger partial charge in [0, 0.05) is 38.9 Å². The molecule has 2 aromatic rings. The number of hydrogen-bond acceptors (Lipinski definition) is 4. The van der Waals surface area contributed by atoms with Gasteiger partial charge in [-0.3, -0.25) is 9.69 Å². The summed E-state index contributed by atoms with van der Waals surface area (Å²) in [4.78, 5) is 18.5. The highest BCUT2D eigenvalue weighted by Gasteiger charge is 2.22. The van der Waals surface area contributed by atoms with Crippen LogP contribution in [0.5, 0.6) is 5.75 Å². The van der Waals surface area contributed by atoms with Crippen LogP contribution in [-0.4, -0.2) is 55.7 Å². The Balaban J connectivity index is 1.54. The first-order valence-electron chi connectivity index (χ1n) is 8.22. The van der Waals surface area contributed by atoms with Crippen molar-refractivity contribution in [3.8, 4) is 5.75 Å². The molecule has 0 unspecified atom stereocenters. The molecular weight excluding hydrogens is 302 g/mol. The second-order valence-electron chi connectivity index (χ2n) is 6.04. The van der Waals surface area contributed by atoms with E-state index in [4.69, 9.17) is 0 Å². The number of hydrogen-bond donors (Lipinski definition) is 1. The quantitative estimate of drug-likeness (QED) is 0.936. The van der Waals surface area contributed by atoms with Crippen molar-refractivity contribution >= 4 is 17.3 Å². The SMILES string of the molecule is CN(C(=O)CN1CCN(c2ccccc2O)CC1)c1ccccc1. The largest absolute Gasteiger partial charge is 0.506 e. The molecule has 1 aliphatic rings. The molecule has 24 heavy (non-hydrogen) atoms. The second kappa shape index (κ2) is 7.36. The third-order valence-corrected chi connectivity index (χ3v) is 4.47. The van der Waals surface area contributed by atoms with E-state index in [2.05, 4.69) is 9.80 Å². The summed E-state index contributed by atoms with van der Waals surface area (Å²) in [6, 6.07) is 17.1. The van der Waals surface area contributed by atoms with Crippen LogP contribution >= 0.6 is 0 Å². The highest BCUT2D eigenvalue weighted by Crippen LogP contribution is 2.27. The molecular formula is C19H23N3O2. The molecule has 1 fully saturated rings. The molecule has 0 radical (unpaired) electrons. The first-order valence-corrected chi connectivity index (χ1v) is 8.22.